The van der Waals surface area contributed by atoms with E-state index in [9.17, 15) is 0 Å². The Morgan fingerprint density at radius 1 is 0.354 bits per heavy atom. The van der Waals surface area contributed by atoms with Gasteiger partial charge < -0.3 is 9.97 Å². The molecule has 0 saturated heterocycles. The molecule has 0 amide bonds. The fraction of sp³-hybridized carbons (Fsp3) is 0.300. The van der Waals surface area contributed by atoms with Crippen LogP contribution in [-0.2, 0) is 21.7 Å². The summed E-state index contributed by atoms with van der Waals surface area (Å²) in [5.41, 5.74) is 1.24. The van der Waals surface area contributed by atoms with Crippen molar-refractivity contribution in [2.45, 2.75) is 77.0 Å². The number of nitrogens with one attached hydrogen (secondary N) is 2. The molecule has 3 aromatic heterocycles. The first-order valence-electron chi connectivity index (χ1n) is 16.7. The van der Waals surface area contributed by atoms with E-state index in [-0.39, 0.29) is 0 Å². The van der Waals surface area contributed by atoms with E-state index in [1.54, 1.807) is 0 Å². The predicted molar refractivity (Wildman–Crippen MR) is 194 cm³/mol. The molecule has 2 N–H and O–H groups in total. The van der Waals surface area contributed by atoms with Crippen LogP contribution in [0.2, 0.25) is 0 Å². The van der Waals surface area contributed by atoms with E-state index in [0.29, 0.717) is 0 Å². The van der Waals surface area contributed by atoms with E-state index in [1.165, 1.54) is 0 Å². The molecule has 0 atom stereocenters. The second kappa shape index (κ2) is 9.22. The molecule has 5 heterocycles. The van der Waals surface area contributed by atoms with Gasteiger partial charge in [0.1, 0.15) is 45.9 Å². The van der Waals surface area contributed by atoms with E-state index in [1.807, 2.05) is 0 Å². The van der Waals surface area contributed by atoms with Gasteiger partial charge in [-0.25, -0.2) is 29.9 Å². The van der Waals surface area contributed by atoms with Crippen LogP contribution in [0.15, 0.2) is 72.8 Å². The van der Waals surface area contributed by atoms with Crippen LogP contribution in [-0.4, -0.2) is 39.9 Å². The number of fused-ring (bicyclic) bond motifs is 18. The fourth-order valence-corrected chi connectivity index (χ4v) is 7.24. The highest BCUT2D eigenvalue weighted by Crippen LogP contribution is 2.47. The van der Waals surface area contributed by atoms with Crippen molar-refractivity contribution in [2.24, 2.45) is 0 Å². The van der Waals surface area contributed by atoms with Crippen molar-refractivity contribution >= 4 is 65.7 Å². The van der Waals surface area contributed by atoms with Crippen LogP contribution < -0.4 is 0 Å². The molecule has 8 heteroatoms. The maximum absolute atomic E-state index is 5.34. The fourth-order valence-electron chi connectivity index (χ4n) is 7.24. The van der Waals surface area contributed by atoms with Gasteiger partial charge in [0.2, 0.25) is 0 Å². The van der Waals surface area contributed by atoms with Gasteiger partial charge in [0, 0.05) is 43.2 Å². The Labute approximate surface area is 278 Å². The number of aromatic amines is 2. The van der Waals surface area contributed by atoms with Crippen molar-refractivity contribution in [3.63, 3.8) is 0 Å². The summed E-state index contributed by atoms with van der Waals surface area (Å²) in [6, 6.07) is 25.4. The lowest BCUT2D eigenvalue weighted by molar-refractivity contribution is 0.310. The molecule has 238 valence electrons. The van der Waals surface area contributed by atoms with Gasteiger partial charge in [-0.2, -0.15) is 0 Å². The quantitative estimate of drug-likeness (QED) is 0.173. The molecule has 4 aromatic carbocycles. The summed E-state index contributed by atoms with van der Waals surface area (Å²) in [6.45, 7) is 17.6. The second-order valence-corrected chi connectivity index (χ2v) is 15.5. The number of benzene rings is 4. The number of hydrogen-bond donors (Lipinski definition) is 2. The zero-order chi connectivity index (χ0) is 33.4. The van der Waals surface area contributed by atoms with Gasteiger partial charge in [-0.3, -0.25) is 0 Å². The summed E-state index contributed by atoms with van der Waals surface area (Å²) < 4.78 is 0. The average Bonchev–Trinajstić information content (AvgIpc) is 3.68. The summed E-state index contributed by atoms with van der Waals surface area (Å²) >= 11 is 0. The highest BCUT2D eigenvalue weighted by Gasteiger charge is 2.50. The number of rotatable bonds is 0. The Morgan fingerprint density at radius 2 is 0.688 bits per heavy atom. The summed E-state index contributed by atoms with van der Waals surface area (Å²) in [7, 11) is 0. The molecule has 0 radical (unpaired) electrons. The average molecular weight is 631 g/mol. The highest BCUT2D eigenvalue weighted by atomic mass is 15.1. The lowest BCUT2D eigenvalue weighted by Gasteiger charge is -2.32. The topological polar surface area (TPSA) is 109 Å². The molecule has 0 aliphatic carbocycles. The van der Waals surface area contributed by atoms with Crippen LogP contribution in [0.25, 0.3) is 65.7 Å². The molecule has 9 rings (SSSR count). The largest absolute Gasteiger partial charge is 0.324 e. The molecule has 2 aliphatic heterocycles. The molecule has 8 nitrogen and oxygen atoms in total. The molecule has 48 heavy (non-hydrogen) atoms. The summed E-state index contributed by atoms with van der Waals surface area (Å²) in [5, 5.41) is 8.54. The maximum atomic E-state index is 5.34. The van der Waals surface area contributed by atoms with Crippen LogP contribution in [0.1, 0.15) is 78.7 Å². The van der Waals surface area contributed by atoms with Gasteiger partial charge in [0.25, 0.3) is 0 Å². The van der Waals surface area contributed by atoms with Crippen LogP contribution >= 0.6 is 0 Å². The molecular formula is C40H38N8. The van der Waals surface area contributed by atoms with Gasteiger partial charge in [-0.15, -0.1) is 0 Å². The van der Waals surface area contributed by atoms with Crippen molar-refractivity contribution in [1.82, 2.24) is 39.9 Å². The lowest BCUT2D eigenvalue weighted by atomic mass is 9.69. The van der Waals surface area contributed by atoms with Crippen molar-refractivity contribution < 1.29 is 0 Å². The van der Waals surface area contributed by atoms with Crippen LogP contribution in [0.4, 0.5) is 0 Å². The molecular weight excluding hydrogens is 592 g/mol. The van der Waals surface area contributed by atoms with E-state index < -0.39 is 21.7 Å². The zero-order valence-corrected chi connectivity index (χ0v) is 28.6. The summed E-state index contributed by atoms with van der Waals surface area (Å²) in [6.07, 6.45) is 0. The Balaban J connectivity index is 1.54. The number of H-pyrrole nitrogens is 2. The number of aromatic nitrogens is 8. The summed E-state index contributed by atoms with van der Waals surface area (Å²) in [5.74, 6) is 2.90. The molecule has 8 bridgehead atoms. The van der Waals surface area contributed by atoms with E-state index in [0.717, 1.165) is 89.0 Å². The first-order chi connectivity index (χ1) is 22.8. The predicted octanol–water partition coefficient (Wildman–Crippen LogP) is 9.02. The lowest BCUT2D eigenvalue weighted by Crippen LogP contribution is -2.37. The zero-order valence-electron chi connectivity index (χ0n) is 28.6. The van der Waals surface area contributed by atoms with Gasteiger partial charge >= 0.3 is 0 Å². The third kappa shape index (κ3) is 3.66. The molecule has 0 saturated carbocycles. The first kappa shape index (κ1) is 28.9. The van der Waals surface area contributed by atoms with E-state index in [2.05, 4.69) is 138 Å². The molecule has 0 fully saturated rings. The van der Waals surface area contributed by atoms with Crippen molar-refractivity contribution in [3.8, 4) is 0 Å². The SMILES string of the molecule is CC1(C)c2nc(nc3[nH]c(nc4nc(nc5[nH]c(n2)c2ccc6ccccc6c52)C(C)(C)C4(C)C)c2c4ccccc4ccc32)C1(C)C. The molecule has 2 aliphatic rings. The van der Waals surface area contributed by atoms with E-state index >= 15 is 0 Å². The van der Waals surface area contributed by atoms with Gasteiger partial charge in [-0.1, -0.05) is 116 Å². The smallest absolute Gasteiger partial charge is 0.142 e. The first-order valence-corrected chi connectivity index (χ1v) is 16.7. The minimum Gasteiger partial charge on any atom is -0.324 e. The Morgan fingerprint density at radius 3 is 1.06 bits per heavy atom. The minimum atomic E-state index is -0.429. The molecule has 0 spiro atoms. The van der Waals surface area contributed by atoms with E-state index in [4.69, 9.17) is 29.9 Å². The van der Waals surface area contributed by atoms with Crippen molar-refractivity contribution in [2.75, 3.05) is 0 Å². The van der Waals surface area contributed by atoms with Crippen molar-refractivity contribution in [1.29, 1.82) is 0 Å². The number of nitrogens with zero attached hydrogens (tertiary/aromatic N) is 6. The normalized spacial score (nSPS) is 17.8. The minimum absolute atomic E-state index is 0.418. The van der Waals surface area contributed by atoms with Gasteiger partial charge in [0.05, 0.1) is 0 Å². The van der Waals surface area contributed by atoms with Gasteiger partial charge in [-0.05, 0) is 33.7 Å². The van der Waals surface area contributed by atoms with Crippen LogP contribution in [0, 0.1) is 0 Å². The third-order valence-corrected chi connectivity index (χ3v) is 12.0. The number of hydrogen-bond acceptors (Lipinski definition) is 6. The standard InChI is InChI=1S/C40H38N8/c1-37(2)33-43-29-25-19-17-21-13-9-11-15-23(21)27(25)31(41-29)45-35-39(5,6)40(7,8)36(48-35)46-32-28-24-16-12-10-14-22(24)18-20-26(28)30(42-32)44-34(47-33)38(37,3)4/h9-20H,1-8H3,(H2,41,42,43,44,45,46,47,48). The molecule has 0 unspecified atom stereocenters. The van der Waals surface area contributed by atoms with Gasteiger partial charge in [0.15, 0.2) is 0 Å². The van der Waals surface area contributed by atoms with Crippen molar-refractivity contribution in [3.05, 3.63) is 96.1 Å². The monoisotopic (exact) mass is 630 g/mol. The Bertz CT molecular complexity index is 2510. The van der Waals surface area contributed by atoms with Crippen LogP contribution in [0.3, 0.4) is 0 Å². The Kier molecular flexibility index (Phi) is 5.56. The maximum Gasteiger partial charge on any atom is 0.142 e. The second-order valence-electron chi connectivity index (χ2n) is 15.5. The highest BCUT2D eigenvalue weighted by molar-refractivity contribution is 6.19. The third-order valence-electron chi connectivity index (χ3n) is 12.0. The summed E-state index contributed by atoms with van der Waals surface area (Å²) in [4.78, 5) is 38.9. The Hall–Kier alpha value is -5.24. The van der Waals surface area contributed by atoms with Crippen LogP contribution in [0.5, 0.6) is 0 Å². The molecule has 7 aromatic rings.